The summed E-state index contributed by atoms with van der Waals surface area (Å²) in [4.78, 5) is 16.6. The van der Waals surface area contributed by atoms with Crippen LogP contribution in [0.5, 0.6) is 0 Å². The summed E-state index contributed by atoms with van der Waals surface area (Å²) in [6.45, 7) is 0.816. The molecule has 0 radical (unpaired) electrons. The quantitative estimate of drug-likeness (QED) is 0.271. The van der Waals surface area contributed by atoms with Gasteiger partial charge in [0.25, 0.3) is 5.91 Å². The Labute approximate surface area is 159 Å². The predicted octanol–water partition coefficient (Wildman–Crippen LogP) is 1.93. The third-order valence-corrected chi connectivity index (χ3v) is 3.50. The predicted molar refractivity (Wildman–Crippen MR) is 97.7 cm³/mol. The molecule has 0 spiro atoms. The second-order valence-electron chi connectivity index (χ2n) is 5.34. The van der Waals surface area contributed by atoms with Crippen LogP contribution in [0.1, 0.15) is 12.6 Å². The summed E-state index contributed by atoms with van der Waals surface area (Å²) in [6.07, 6.45) is -3.03. The highest BCUT2D eigenvalue weighted by molar-refractivity contribution is 6.21. The van der Waals surface area contributed by atoms with Crippen LogP contribution in [0.2, 0.25) is 0 Å². The number of aromatic nitrogens is 1. The van der Waals surface area contributed by atoms with Gasteiger partial charge in [-0.05, 0) is 19.1 Å². The van der Waals surface area contributed by atoms with Gasteiger partial charge in [-0.3, -0.25) is 21.0 Å². The summed E-state index contributed by atoms with van der Waals surface area (Å²) in [5, 5.41) is 27.7. The van der Waals surface area contributed by atoms with Crippen molar-refractivity contribution >= 4 is 29.8 Å². The Morgan fingerprint density at radius 2 is 2.00 bits per heavy atom. The number of alkyl halides is 3. The van der Waals surface area contributed by atoms with Gasteiger partial charge in [-0.2, -0.15) is 13.2 Å². The van der Waals surface area contributed by atoms with E-state index in [1.54, 1.807) is 0 Å². The van der Waals surface area contributed by atoms with Gasteiger partial charge in [-0.1, -0.05) is 6.07 Å². The lowest BCUT2D eigenvalue weighted by atomic mass is 10.2. The molecule has 0 aliphatic heterocycles. The highest BCUT2D eigenvalue weighted by atomic mass is 19.4. The first-order valence-corrected chi connectivity index (χ1v) is 7.80. The number of anilines is 1. The summed E-state index contributed by atoms with van der Waals surface area (Å²) < 4.78 is 43.5. The standard InChI is InChI=1S/C16H20F3N7O2/c1-9(16(17,18)19)26(8-20)13(21)11-5-4-6-12(24-11)25-15(27)10(7-23-2)14(22)28-3/h4-9,20-23H,1-3H3,(H,24,25,27)/b10-7+,20-8?,21-13?,22-14?. The molecule has 1 heterocycles. The number of hydrogen-bond acceptors (Lipinski definition) is 7. The number of ether oxygens (including phenoxy) is 1. The second kappa shape index (κ2) is 9.48. The van der Waals surface area contributed by atoms with Crippen LogP contribution in [0, 0.1) is 16.2 Å². The first-order valence-electron chi connectivity index (χ1n) is 7.80. The number of carbonyl (C=O) groups is 1. The lowest BCUT2D eigenvalue weighted by molar-refractivity contribution is -0.160. The van der Waals surface area contributed by atoms with Crippen molar-refractivity contribution in [2.45, 2.75) is 19.1 Å². The molecule has 1 rings (SSSR count). The van der Waals surface area contributed by atoms with E-state index in [1.165, 1.54) is 38.6 Å². The number of carbonyl (C=O) groups excluding carboxylic acids is 1. The van der Waals surface area contributed by atoms with Gasteiger partial charge in [0, 0.05) is 13.2 Å². The van der Waals surface area contributed by atoms with E-state index >= 15 is 0 Å². The lowest BCUT2D eigenvalue weighted by Crippen LogP contribution is -2.46. The molecule has 0 aromatic carbocycles. The molecular weight excluding hydrogens is 379 g/mol. The molecule has 0 bridgehead atoms. The van der Waals surface area contributed by atoms with E-state index in [-0.39, 0.29) is 17.1 Å². The summed E-state index contributed by atoms with van der Waals surface area (Å²) >= 11 is 0. The van der Waals surface area contributed by atoms with E-state index in [9.17, 15) is 18.0 Å². The van der Waals surface area contributed by atoms with Crippen molar-refractivity contribution in [1.82, 2.24) is 15.2 Å². The Kier molecular flexibility index (Phi) is 7.65. The maximum Gasteiger partial charge on any atom is 0.408 e. The van der Waals surface area contributed by atoms with Gasteiger partial charge in [0.15, 0.2) is 5.84 Å². The largest absolute Gasteiger partial charge is 0.481 e. The molecular formula is C16H20F3N7O2. The molecule has 12 heteroatoms. The van der Waals surface area contributed by atoms with E-state index in [2.05, 4.69) is 15.6 Å². The fourth-order valence-corrected chi connectivity index (χ4v) is 1.97. The number of amides is 1. The SMILES string of the molecule is CN/C=C(\C(=N)OC)C(=O)Nc1cccc(C(=N)N(C=N)C(C)C(F)(F)F)n1. The van der Waals surface area contributed by atoms with Crippen molar-refractivity contribution in [1.29, 1.82) is 16.2 Å². The highest BCUT2D eigenvalue weighted by Crippen LogP contribution is 2.24. The highest BCUT2D eigenvalue weighted by Gasteiger charge is 2.41. The van der Waals surface area contributed by atoms with Crippen molar-refractivity contribution in [2.75, 3.05) is 19.5 Å². The normalized spacial score (nSPS) is 12.6. The van der Waals surface area contributed by atoms with Gasteiger partial charge in [-0.25, -0.2) is 4.98 Å². The van der Waals surface area contributed by atoms with Crippen LogP contribution in [-0.2, 0) is 9.53 Å². The molecule has 0 aliphatic carbocycles. The van der Waals surface area contributed by atoms with Crippen LogP contribution in [0.4, 0.5) is 19.0 Å². The van der Waals surface area contributed by atoms with Crippen LogP contribution in [-0.4, -0.2) is 60.2 Å². The van der Waals surface area contributed by atoms with Crippen molar-refractivity contribution in [3.63, 3.8) is 0 Å². The molecule has 5 N–H and O–H groups in total. The number of amidine groups is 1. The Morgan fingerprint density at radius 3 is 2.50 bits per heavy atom. The number of hydrogen-bond donors (Lipinski definition) is 5. The van der Waals surface area contributed by atoms with Gasteiger partial charge in [0.2, 0.25) is 5.90 Å². The molecule has 1 atom stereocenters. The van der Waals surface area contributed by atoms with Gasteiger partial charge in [-0.15, -0.1) is 0 Å². The number of nitrogens with zero attached hydrogens (tertiary/aromatic N) is 2. The second-order valence-corrected chi connectivity index (χ2v) is 5.34. The van der Waals surface area contributed by atoms with Gasteiger partial charge < -0.3 is 20.3 Å². The lowest BCUT2D eigenvalue weighted by Gasteiger charge is -2.28. The third kappa shape index (κ3) is 5.53. The zero-order valence-electron chi connectivity index (χ0n) is 15.3. The van der Waals surface area contributed by atoms with Crippen molar-refractivity contribution in [3.05, 3.63) is 35.7 Å². The Hall–Kier alpha value is -3.44. The minimum Gasteiger partial charge on any atom is -0.481 e. The van der Waals surface area contributed by atoms with Crippen LogP contribution >= 0.6 is 0 Å². The van der Waals surface area contributed by atoms with Crippen LogP contribution in [0.15, 0.2) is 30.0 Å². The number of halogens is 3. The molecule has 1 unspecified atom stereocenters. The van der Waals surface area contributed by atoms with E-state index in [1.807, 2.05) is 0 Å². The fourth-order valence-electron chi connectivity index (χ4n) is 1.97. The molecule has 0 fully saturated rings. The van der Waals surface area contributed by atoms with Crippen LogP contribution in [0.25, 0.3) is 0 Å². The first-order chi connectivity index (χ1) is 13.1. The number of nitrogens with one attached hydrogen (secondary N) is 5. The van der Waals surface area contributed by atoms with Crippen LogP contribution in [0.3, 0.4) is 0 Å². The monoisotopic (exact) mass is 399 g/mol. The Bertz CT molecular complexity index is 793. The molecule has 1 aromatic heterocycles. The van der Waals surface area contributed by atoms with Crippen molar-refractivity contribution < 1.29 is 22.7 Å². The third-order valence-electron chi connectivity index (χ3n) is 3.50. The van der Waals surface area contributed by atoms with Gasteiger partial charge in [0.1, 0.15) is 23.1 Å². The average Bonchev–Trinajstić information content (AvgIpc) is 2.65. The molecule has 0 saturated heterocycles. The first kappa shape index (κ1) is 22.6. The maximum absolute atomic E-state index is 12.9. The summed E-state index contributed by atoms with van der Waals surface area (Å²) in [7, 11) is 2.73. The minimum absolute atomic E-state index is 0.0530. The van der Waals surface area contributed by atoms with Crippen molar-refractivity contribution in [2.24, 2.45) is 0 Å². The van der Waals surface area contributed by atoms with Crippen molar-refractivity contribution in [3.8, 4) is 0 Å². The Balaban J connectivity index is 3.10. The molecule has 0 aliphatic rings. The maximum atomic E-state index is 12.9. The number of pyridine rings is 1. The molecule has 1 amide bonds. The zero-order chi connectivity index (χ0) is 21.5. The summed E-state index contributed by atoms with van der Waals surface area (Å²) in [5.74, 6) is -1.87. The topological polar surface area (TPSA) is 138 Å². The van der Waals surface area contributed by atoms with Gasteiger partial charge >= 0.3 is 6.18 Å². The summed E-state index contributed by atoms with van der Waals surface area (Å²) in [6, 6.07) is 1.92. The van der Waals surface area contributed by atoms with E-state index in [4.69, 9.17) is 21.0 Å². The molecule has 9 nitrogen and oxygen atoms in total. The molecule has 1 aromatic rings. The molecule has 28 heavy (non-hydrogen) atoms. The van der Waals surface area contributed by atoms with Crippen LogP contribution < -0.4 is 10.6 Å². The fraction of sp³-hybridized carbons (Fsp3) is 0.312. The minimum atomic E-state index is -4.65. The zero-order valence-corrected chi connectivity index (χ0v) is 15.3. The number of methoxy groups -OCH3 is 1. The summed E-state index contributed by atoms with van der Waals surface area (Å²) in [5.41, 5.74) is -0.322. The average molecular weight is 399 g/mol. The van der Waals surface area contributed by atoms with E-state index < -0.39 is 29.9 Å². The smallest absolute Gasteiger partial charge is 0.408 e. The molecule has 0 saturated carbocycles. The molecule has 152 valence electrons. The Morgan fingerprint density at radius 1 is 1.36 bits per heavy atom. The van der Waals surface area contributed by atoms with E-state index in [0.29, 0.717) is 11.2 Å². The number of rotatable bonds is 7. The van der Waals surface area contributed by atoms with Gasteiger partial charge in [0.05, 0.1) is 13.4 Å². The van der Waals surface area contributed by atoms with E-state index in [0.717, 1.165) is 6.92 Å².